The minimum absolute atomic E-state index is 0. The fraction of sp³-hybridized carbons (Fsp3) is 0.474. The van der Waals surface area contributed by atoms with Crippen LogP contribution < -0.4 is 10.6 Å². The molecule has 359 valence electrons. The molecular weight excluding hydrogens is 1880 g/mol. The van der Waals surface area contributed by atoms with Crippen LogP contribution in [0.25, 0.3) is 0 Å². The Morgan fingerprint density at radius 3 is 0.721 bits per heavy atom. The second-order valence-electron chi connectivity index (χ2n) is 8.89. The fourth-order valence-electron chi connectivity index (χ4n) is 3.43. The molecule has 4 heterocycles. The third-order valence-corrected chi connectivity index (χ3v) is 5.31. The Morgan fingerprint density at radius 2 is 0.672 bits per heavy atom. The van der Waals surface area contributed by atoms with Crippen molar-refractivity contribution < 1.29 is 227 Å². The number of nitrogens with one attached hydrogen (secondary N) is 2. The summed E-state index contributed by atoms with van der Waals surface area (Å²) in [6, 6.07) is 1.47. The van der Waals surface area contributed by atoms with Crippen molar-refractivity contribution in [2.45, 2.75) is 75.5 Å². The van der Waals surface area contributed by atoms with Gasteiger partial charge in [0.25, 0.3) is 0 Å². The van der Waals surface area contributed by atoms with E-state index >= 15 is 0 Å². The van der Waals surface area contributed by atoms with Gasteiger partial charge in [-0.1, -0.05) is 52.0 Å². The summed E-state index contributed by atoms with van der Waals surface area (Å²) < 4.78 is 0. The first-order valence-electron chi connectivity index (χ1n) is 13.8. The molecule has 10 nitrogen and oxygen atoms in total. The summed E-state index contributed by atoms with van der Waals surface area (Å²) in [6.45, 7) is 38.1. The number of aliphatic hydroxyl groups excluding tert-OH is 2. The first-order valence-corrected chi connectivity index (χ1v) is 18.7. The zero-order chi connectivity index (χ0) is 34.3. The van der Waals surface area contributed by atoms with Crippen molar-refractivity contribution in [2.75, 3.05) is 39.5 Å². The molecule has 6 atom stereocenters. The molecule has 0 aromatic rings. The van der Waals surface area contributed by atoms with Crippen molar-refractivity contribution in [3.05, 3.63) is 114 Å². The Hall–Kier alpha value is 5.45. The second kappa shape index (κ2) is 138. The van der Waals surface area contributed by atoms with Crippen molar-refractivity contribution >= 4 is 51.5 Å². The summed E-state index contributed by atoms with van der Waals surface area (Å²) in [7, 11) is 2.25. The molecule has 4 saturated heterocycles. The topological polar surface area (TPSA) is 139 Å². The molecule has 4 N–H and O–H groups in total. The number of rotatable bonds is 2. The molecular formula is C38H81N4O6P3V5W5. The summed E-state index contributed by atoms with van der Waals surface area (Å²) in [5.74, 6) is 0. The minimum Gasteiger partial charge on any atom is -0.665 e. The van der Waals surface area contributed by atoms with Gasteiger partial charge in [0, 0.05) is 0 Å². The molecule has 0 saturated carbocycles. The third-order valence-electron chi connectivity index (χ3n) is 5.31. The van der Waals surface area contributed by atoms with Gasteiger partial charge in [0.15, 0.2) is 0 Å². The van der Waals surface area contributed by atoms with Crippen LogP contribution in [0.4, 0.5) is 0 Å². The molecule has 0 aliphatic carbocycles. The number of likely N-dealkylation sites (tertiary alicyclic amines) is 2. The monoisotopic (exact) mass is 1960 g/mol. The molecule has 4 fully saturated rings. The zero-order valence-corrected chi connectivity index (χ0v) is 63.3. The average Bonchev–Trinajstić information content (AvgIpc) is 3.79. The van der Waals surface area contributed by atoms with E-state index < -0.39 is 0 Å². The average molecular weight is 1960 g/mol. The summed E-state index contributed by atoms with van der Waals surface area (Å²) in [4.78, 5) is 39.7. The summed E-state index contributed by atoms with van der Waals surface area (Å²) >= 11 is 0. The van der Waals surface area contributed by atoms with Crippen molar-refractivity contribution in [1.29, 1.82) is 0 Å². The Bertz CT molecular complexity index is 564. The van der Waals surface area contributed by atoms with Crippen LogP contribution in [0, 0.1) is 114 Å². The van der Waals surface area contributed by atoms with Crippen LogP contribution in [-0.2, 0) is 217 Å². The van der Waals surface area contributed by atoms with Crippen molar-refractivity contribution in [3.63, 3.8) is 0 Å². The van der Waals surface area contributed by atoms with Crippen LogP contribution in [0.2, 0.25) is 0 Å². The number of amides is 2. The fourth-order valence-corrected chi connectivity index (χ4v) is 3.43. The predicted octanol–water partition coefficient (Wildman–Crippen LogP) is 8.07. The van der Waals surface area contributed by atoms with Gasteiger partial charge in [0.2, 0.25) is 0 Å². The van der Waals surface area contributed by atoms with Crippen LogP contribution in [0.15, 0.2) is 0 Å². The number of nitrogens with zero attached hydrogens (tertiary/aromatic N) is 2. The maximum atomic E-state index is 9.98. The van der Waals surface area contributed by atoms with Crippen LogP contribution in [0.5, 0.6) is 0 Å². The molecule has 2 amide bonds. The molecule has 61 heavy (non-hydrogen) atoms. The largest absolute Gasteiger partial charge is 2.00 e. The molecule has 4 aliphatic heterocycles. The summed E-state index contributed by atoms with van der Waals surface area (Å²) in [6.07, 6.45) is 13.1. The van der Waals surface area contributed by atoms with E-state index in [2.05, 4.69) is 65.0 Å². The number of hydrogen-bond donors (Lipinski definition) is 4. The van der Waals surface area contributed by atoms with Gasteiger partial charge in [-0.15, -0.1) is 24.2 Å². The van der Waals surface area contributed by atoms with Gasteiger partial charge in [-0.05, 0) is 51.9 Å². The smallest absolute Gasteiger partial charge is 0.665 e. The molecule has 23 heteroatoms. The van der Waals surface area contributed by atoms with Gasteiger partial charge >= 0.3 is 198 Å². The van der Waals surface area contributed by atoms with E-state index in [1.54, 1.807) is 9.80 Å². The Morgan fingerprint density at radius 1 is 0.492 bits per heavy atom. The molecule has 5 radical (unpaired) electrons. The van der Waals surface area contributed by atoms with Crippen LogP contribution in [0.3, 0.4) is 0 Å². The van der Waals surface area contributed by atoms with E-state index in [0.717, 1.165) is 55.9 Å². The van der Waals surface area contributed by atoms with E-state index in [1.807, 2.05) is 26.1 Å². The normalized spacial score (nSPS) is 16.0. The van der Waals surface area contributed by atoms with Gasteiger partial charge in [-0.2, -0.15) is 12.8 Å². The number of hydrogen-bond acceptors (Lipinski definition) is 6. The van der Waals surface area contributed by atoms with Gasteiger partial charge in [-0.25, -0.2) is 0 Å². The molecule has 0 aromatic heterocycles. The minimum atomic E-state index is 0. The number of carbonyl (C=O) groups excluding carboxylic acids is 2. The van der Waals surface area contributed by atoms with E-state index in [9.17, 15) is 9.59 Å². The molecule has 4 rings (SSSR count). The maximum Gasteiger partial charge on any atom is 2.00 e. The maximum absolute atomic E-state index is 9.98. The first kappa shape index (κ1) is 151. The van der Waals surface area contributed by atoms with Gasteiger partial charge in [-0.3, -0.25) is 17.2 Å². The van der Waals surface area contributed by atoms with E-state index in [4.69, 9.17) is 19.8 Å². The van der Waals surface area contributed by atoms with Crippen LogP contribution in [-0.4, -0.2) is 109 Å². The SMILES string of the molecule is O=[C-]O.O=[C-]O.[CH2-]C1CCCN1.[CH2-]C1CCCN1.[CH2-]C1CCCN1[C-]=O.[CH2-]C1CCCN1[C-]=O.[CH2-]PC.[CH2-]PC.[CH2-]P[CH2-].[CH3-].[CH3-].[CH3-].[CH3-].[CH3-].[CH3-].[CH3-].[CH3-].[V+2].[V+2].[V+2].[V+2].[V+2].[W+2].[W+2].[W+2].[W+2].[W+2]. The van der Waals surface area contributed by atoms with Gasteiger partial charge < -0.3 is 172 Å². The second-order valence-corrected chi connectivity index (χ2v) is 10.8. The van der Waals surface area contributed by atoms with Crippen LogP contribution in [0.1, 0.15) is 51.4 Å². The predicted molar refractivity (Wildman–Crippen MR) is 240 cm³/mol. The Balaban J connectivity index is -0.0000000125. The Labute approximate surface area is 521 Å². The molecule has 0 spiro atoms. The molecule has 6 unspecified atom stereocenters. The summed E-state index contributed by atoms with van der Waals surface area (Å²) in [5, 5.41) is 19.9. The van der Waals surface area contributed by atoms with Crippen molar-refractivity contribution in [3.8, 4) is 0 Å². The Kier molecular flexibility index (Phi) is 340. The van der Waals surface area contributed by atoms with Gasteiger partial charge in [0.05, 0.1) is 0 Å². The van der Waals surface area contributed by atoms with Crippen molar-refractivity contribution in [1.82, 2.24) is 20.4 Å². The third kappa shape index (κ3) is 140. The molecule has 4 aliphatic rings. The molecule has 0 aromatic carbocycles. The first-order chi connectivity index (χ1) is 20.5. The van der Waals surface area contributed by atoms with Gasteiger partial charge in [0.1, 0.15) is 0 Å². The quantitative estimate of drug-likeness (QED) is 0.161. The van der Waals surface area contributed by atoms with E-state index in [0.29, 0.717) is 33.6 Å². The van der Waals surface area contributed by atoms with E-state index in [1.165, 1.54) is 38.8 Å². The molecule has 0 bridgehead atoms. The zero-order valence-electron chi connectivity index (χ0n) is 38.7. The van der Waals surface area contributed by atoms with E-state index in [-0.39, 0.29) is 270 Å². The van der Waals surface area contributed by atoms with Crippen molar-refractivity contribution in [2.24, 2.45) is 0 Å². The standard InChI is InChI=1S/2C6H9NO.2C5H10N.2C2H6P.C2H5P.2CHO2.8CH3.5V.5W/c2*1-6-3-2-4-7(6)5-8;2*1-5-3-2-4-6-5;3*1-3-2;2*2-1-3;;;;;;;;;;;;;;;;;;/h2*6H,1-4H2;2*5-6H,1-4H2;2*3H,1H2,2H3;3H,1-2H2;2*(H,2,3);8*1H3;;;;;;;;;;/q2*-2;4*-1;-2;10*-1;10*+2. The summed E-state index contributed by atoms with van der Waals surface area (Å²) in [5.41, 5.74) is 0. The van der Waals surface area contributed by atoms with Crippen LogP contribution >= 0.6 is 25.7 Å².